The van der Waals surface area contributed by atoms with Crippen molar-refractivity contribution in [3.8, 4) is 11.3 Å². The van der Waals surface area contributed by atoms with Crippen molar-refractivity contribution in [1.82, 2.24) is 0 Å². The zero-order chi connectivity index (χ0) is 11.5. The summed E-state index contributed by atoms with van der Waals surface area (Å²) >= 11 is 0. The van der Waals surface area contributed by atoms with Crippen molar-refractivity contribution in [2.45, 2.75) is 20.3 Å². The Hall–Kier alpha value is -1.54. The molecule has 0 radical (unpaired) electrons. The Morgan fingerprint density at radius 1 is 1.12 bits per heavy atom. The summed E-state index contributed by atoms with van der Waals surface area (Å²) in [6.07, 6.45) is 2.59. The molecule has 16 heavy (non-hydrogen) atoms. The van der Waals surface area contributed by atoms with Gasteiger partial charge in [-0.15, -0.1) is 0 Å². The zero-order valence-corrected chi connectivity index (χ0v) is 9.79. The second kappa shape index (κ2) is 4.54. The molecule has 0 saturated carbocycles. The van der Waals surface area contributed by atoms with E-state index in [1.165, 1.54) is 16.7 Å². The molecule has 0 spiro atoms. The SMILES string of the molecule is Cc1cc(C)cc(-c2occc2CCN)c1. The third-order valence-corrected chi connectivity index (χ3v) is 2.64. The Morgan fingerprint density at radius 2 is 1.81 bits per heavy atom. The second-order valence-electron chi connectivity index (χ2n) is 4.19. The van der Waals surface area contributed by atoms with E-state index in [-0.39, 0.29) is 0 Å². The predicted molar refractivity (Wildman–Crippen MR) is 66.4 cm³/mol. The summed E-state index contributed by atoms with van der Waals surface area (Å²) in [6, 6.07) is 8.45. The molecule has 2 aromatic rings. The molecule has 0 bridgehead atoms. The topological polar surface area (TPSA) is 39.2 Å². The van der Waals surface area contributed by atoms with Crippen molar-refractivity contribution in [3.63, 3.8) is 0 Å². The van der Waals surface area contributed by atoms with E-state index in [1.807, 2.05) is 6.07 Å². The number of benzene rings is 1. The smallest absolute Gasteiger partial charge is 0.137 e. The summed E-state index contributed by atoms with van der Waals surface area (Å²) in [5, 5.41) is 0. The van der Waals surface area contributed by atoms with Crippen molar-refractivity contribution in [1.29, 1.82) is 0 Å². The van der Waals surface area contributed by atoms with Gasteiger partial charge in [-0.25, -0.2) is 0 Å². The molecule has 0 aliphatic carbocycles. The largest absolute Gasteiger partial charge is 0.464 e. The molecule has 0 fully saturated rings. The van der Waals surface area contributed by atoms with Gasteiger partial charge in [-0.3, -0.25) is 0 Å². The molecular formula is C14H17NO. The maximum Gasteiger partial charge on any atom is 0.137 e. The third-order valence-electron chi connectivity index (χ3n) is 2.64. The first-order valence-electron chi connectivity index (χ1n) is 5.56. The first-order chi connectivity index (χ1) is 7.70. The van der Waals surface area contributed by atoms with E-state index >= 15 is 0 Å². The van der Waals surface area contributed by atoms with Gasteiger partial charge in [-0.05, 0) is 50.6 Å². The highest BCUT2D eigenvalue weighted by atomic mass is 16.3. The van der Waals surface area contributed by atoms with E-state index in [0.717, 1.165) is 17.7 Å². The number of rotatable bonds is 3. The fraction of sp³-hybridized carbons (Fsp3) is 0.286. The average Bonchev–Trinajstić information content (AvgIpc) is 2.65. The molecule has 1 aromatic carbocycles. The lowest BCUT2D eigenvalue weighted by Crippen LogP contribution is -2.02. The molecule has 0 unspecified atom stereocenters. The molecule has 0 atom stereocenters. The van der Waals surface area contributed by atoms with Gasteiger partial charge in [0.15, 0.2) is 0 Å². The Labute approximate surface area is 96.1 Å². The zero-order valence-electron chi connectivity index (χ0n) is 9.79. The van der Waals surface area contributed by atoms with Crippen molar-refractivity contribution < 1.29 is 4.42 Å². The maximum absolute atomic E-state index is 5.58. The number of furan rings is 1. The average molecular weight is 215 g/mol. The van der Waals surface area contributed by atoms with Crippen molar-refractivity contribution in [2.24, 2.45) is 5.73 Å². The number of hydrogen-bond donors (Lipinski definition) is 1. The molecular weight excluding hydrogens is 198 g/mol. The first-order valence-corrected chi connectivity index (χ1v) is 5.56. The highest BCUT2D eigenvalue weighted by Crippen LogP contribution is 2.27. The van der Waals surface area contributed by atoms with Gasteiger partial charge in [0.2, 0.25) is 0 Å². The van der Waals surface area contributed by atoms with Gasteiger partial charge in [0.05, 0.1) is 6.26 Å². The van der Waals surface area contributed by atoms with Gasteiger partial charge in [0, 0.05) is 5.56 Å². The fourth-order valence-corrected chi connectivity index (χ4v) is 2.05. The lowest BCUT2D eigenvalue weighted by atomic mass is 10.0. The monoisotopic (exact) mass is 215 g/mol. The maximum atomic E-state index is 5.58. The van der Waals surface area contributed by atoms with E-state index < -0.39 is 0 Å². The van der Waals surface area contributed by atoms with Crippen molar-refractivity contribution >= 4 is 0 Å². The fourth-order valence-electron chi connectivity index (χ4n) is 2.05. The van der Waals surface area contributed by atoms with Crippen LogP contribution in [0.1, 0.15) is 16.7 Å². The van der Waals surface area contributed by atoms with Crippen LogP contribution in [0.4, 0.5) is 0 Å². The lowest BCUT2D eigenvalue weighted by Gasteiger charge is -2.04. The molecule has 2 rings (SSSR count). The Balaban J connectivity index is 2.45. The molecule has 2 N–H and O–H groups in total. The van der Waals surface area contributed by atoms with E-state index in [0.29, 0.717) is 6.54 Å². The van der Waals surface area contributed by atoms with Crippen LogP contribution in [0.2, 0.25) is 0 Å². The van der Waals surface area contributed by atoms with E-state index in [2.05, 4.69) is 32.0 Å². The van der Waals surface area contributed by atoms with Crippen LogP contribution >= 0.6 is 0 Å². The van der Waals surface area contributed by atoms with Gasteiger partial charge in [-0.1, -0.05) is 17.2 Å². The molecule has 0 aliphatic heterocycles. The van der Waals surface area contributed by atoms with Crippen LogP contribution in [0.15, 0.2) is 34.9 Å². The molecule has 0 amide bonds. The van der Waals surface area contributed by atoms with Gasteiger partial charge in [0.1, 0.15) is 5.76 Å². The van der Waals surface area contributed by atoms with Crippen LogP contribution < -0.4 is 5.73 Å². The number of nitrogens with two attached hydrogens (primary N) is 1. The quantitative estimate of drug-likeness (QED) is 0.854. The molecule has 0 aliphatic rings. The third kappa shape index (κ3) is 2.17. The van der Waals surface area contributed by atoms with Gasteiger partial charge >= 0.3 is 0 Å². The molecule has 0 saturated heterocycles. The summed E-state index contributed by atoms with van der Waals surface area (Å²) in [4.78, 5) is 0. The number of hydrogen-bond acceptors (Lipinski definition) is 2. The number of aryl methyl sites for hydroxylation is 2. The summed E-state index contributed by atoms with van der Waals surface area (Å²) in [5.41, 5.74) is 10.4. The van der Waals surface area contributed by atoms with Crippen LogP contribution in [0.3, 0.4) is 0 Å². The minimum atomic E-state index is 0.650. The Bertz CT molecular complexity index is 465. The summed E-state index contributed by atoms with van der Waals surface area (Å²) in [5.74, 6) is 0.956. The highest BCUT2D eigenvalue weighted by molar-refractivity contribution is 5.63. The predicted octanol–water partition coefficient (Wildman–Crippen LogP) is 3.06. The summed E-state index contributed by atoms with van der Waals surface area (Å²) in [6.45, 7) is 4.85. The van der Waals surface area contributed by atoms with E-state index in [1.54, 1.807) is 6.26 Å². The normalized spacial score (nSPS) is 10.7. The van der Waals surface area contributed by atoms with Gasteiger partial charge in [0.25, 0.3) is 0 Å². The molecule has 84 valence electrons. The van der Waals surface area contributed by atoms with Crippen LogP contribution in [0, 0.1) is 13.8 Å². The van der Waals surface area contributed by atoms with Crippen LogP contribution in [-0.2, 0) is 6.42 Å². The standard InChI is InChI=1S/C14H17NO/c1-10-7-11(2)9-13(8-10)14-12(3-5-15)4-6-16-14/h4,6-9H,3,5,15H2,1-2H3. The van der Waals surface area contributed by atoms with Crippen molar-refractivity contribution in [3.05, 3.63) is 47.2 Å². The van der Waals surface area contributed by atoms with Crippen LogP contribution in [0.5, 0.6) is 0 Å². The minimum absolute atomic E-state index is 0.650. The minimum Gasteiger partial charge on any atom is -0.464 e. The first kappa shape index (κ1) is 11.0. The second-order valence-corrected chi connectivity index (χ2v) is 4.19. The van der Waals surface area contributed by atoms with Crippen molar-refractivity contribution in [2.75, 3.05) is 6.54 Å². The lowest BCUT2D eigenvalue weighted by molar-refractivity contribution is 0.579. The molecule has 1 aromatic heterocycles. The van der Waals surface area contributed by atoms with Crippen LogP contribution in [0.25, 0.3) is 11.3 Å². The Kier molecular flexibility index (Phi) is 3.11. The molecule has 2 nitrogen and oxygen atoms in total. The van der Waals surface area contributed by atoms with E-state index in [4.69, 9.17) is 10.2 Å². The summed E-state index contributed by atoms with van der Waals surface area (Å²) in [7, 11) is 0. The van der Waals surface area contributed by atoms with E-state index in [9.17, 15) is 0 Å². The van der Waals surface area contributed by atoms with Gasteiger partial charge in [-0.2, -0.15) is 0 Å². The molecule has 1 heterocycles. The highest BCUT2D eigenvalue weighted by Gasteiger charge is 2.08. The summed E-state index contributed by atoms with van der Waals surface area (Å²) < 4.78 is 5.56. The Morgan fingerprint density at radius 3 is 2.44 bits per heavy atom. The molecule has 2 heteroatoms. The van der Waals surface area contributed by atoms with Crippen LogP contribution in [-0.4, -0.2) is 6.54 Å². The van der Waals surface area contributed by atoms with Gasteiger partial charge < -0.3 is 10.2 Å².